The van der Waals surface area contributed by atoms with Crippen molar-refractivity contribution in [3.63, 3.8) is 0 Å². The number of aliphatic hydroxyl groups is 1. The number of benzene rings is 2. The molecule has 2 aromatic carbocycles. The third-order valence-electron chi connectivity index (χ3n) is 4.52. The molecule has 172 valence electrons. The molecule has 0 aliphatic carbocycles. The Balaban J connectivity index is 1.85. The molecule has 3 N–H and O–H groups in total. The Morgan fingerprint density at radius 3 is 2.41 bits per heavy atom. The van der Waals surface area contributed by atoms with E-state index in [1.54, 1.807) is 0 Å². The van der Waals surface area contributed by atoms with Gasteiger partial charge in [0.15, 0.2) is 23.1 Å². The van der Waals surface area contributed by atoms with Crippen LogP contribution in [0.15, 0.2) is 30.3 Å². The highest BCUT2D eigenvalue weighted by molar-refractivity contribution is 7.18. The summed E-state index contributed by atoms with van der Waals surface area (Å²) in [6, 6.07) is 7.49. The van der Waals surface area contributed by atoms with E-state index in [2.05, 4.69) is 10.2 Å². The van der Waals surface area contributed by atoms with Crippen LogP contribution in [0.3, 0.4) is 0 Å². The number of hydrogen-bond acceptors (Lipinski definition) is 8. The number of ether oxygens (including phenoxy) is 3. The largest absolute Gasteiger partial charge is 0.490 e. The van der Waals surface area contributed by atoms with E-state index in [1.807, 2.05) is 32.0 Å². The first-order chi connectivity index (χ1) is 15.3. The van der Waals surface area contributed by atoms with Crippen molar-refractivity contribution in [1.82, 2.24) is 10.2 Å². The first-order valence-electron chi connectivity index (χ1n) is 10.1. The lowest BCUT2D eigenvalue weighted by atomic mass is 10.2. The minimum Gasteiger partial charge on any atom is -0.490 e. The Labute approximate surface area is 194 Å². The average molecular weight is 482 g/mol. The SMILES string of the molecule is CCOc1ccc(-c2nnc(-c3cc(F)c(OC[C@H](N)[C@@H](C)O)cc3Cl)s2)cc1OCC. The minimum absolute atomic E-state index is 0.0485. The zero-order valence-corrected chi connectivity index (χ0v) is 19.5. The van der Waals surface area contributed by atoms with E-state index in [1.165, 1.54) is 30.4 Å². The smallest absolute Gasteiger partial charge is 0.165 e. The van der Waals surface area contributed by atoms with E-state index in [0.29, 0.717) is 40.3 Å². The van der Waals surface area contributed by atoms with Crippen LogP contribution in [0.5, 0.6) is 17.2 Å². The number of nitrogens with two attached hydrogens (primary N) is 1. The first kappa shape index (κ1) is 24.2. The van der Waals surface area contributed by atoms with Gasteiger partial charge in [0.2, 0.25) is 0 Å². The molecule has 10 heteroatoms. The van der Waals surface area contributed by atoms with Gasteiger partial charge in [-0.25, -0.2) is 4.39 Å². The lowest BCUT2D eigenvalue weighted by Gasteiger charge is -2.16. The quantitative estimate of drug-likeness (QED) is 0.438. The van der Waals surface area contributed by atoms with Crippen LogP contribution in [0.25, 0.3) is 21.1 Å². The highest BCUT2D eigenvalue weighted by Gasteiger charge is 2.18. The van der Waals surface area contributed by atoms with Gasteiger partial charge in [0, 0.05) is 17.2 Å². The molecule has 0 aliphatic rings. The summed E-state index contributed by atoms with van der Waals surface area (Å²) in [6.45, 7) is 6.31. The number of hydrogen-bond donors (Lipinski definition) is 2. The Bertz CT molecular complexity index is 1060. The molecule has 0 aliphatic heterocycles. The summed E-state index contributed by atoms with van der Waals surface area (Å²) in [5, 5.41) is 19.2. The summed E-state index contributed by atoms with van der Waals surface area (Å²) in [5.74, 6) is 0.606. The molecule has 3 rings (SSSR count). The summed E-state index contributed by atoms with van der Waals surface area (Å²) in [7, 11) is 0. The van der Waals surface area contributed by atoms with E-state index in [-0.39, 0.29) is 17.4 Å². The van der Waals surface area contributed by atoms with E-state index >= 15 is 0 Å². The summed E-state index contributed by atoms with van der Waals surface area (Å²) in [4.78, 5) is 0. The maximum Gasteiger partial charge on any atom is 0.165 e. The lowest BCUT2D eigenvalue weighted by Crippen LogP contribution is -2.38. The van der Waals surface area contributed by atoms with Crippen LogP contribution in [0.4, 0.5) is 4.39 Å². The Morgan fingerprint density at radius 2 is 1.72 bits per heavy atom. The predicted octanol–water partition coefficient (Wildman–Crippen LogP) is 4.55. The van der Waals surface area contributed by atoms with Gasteiger partial charge in [-0.1, -0.05) is 22.9 Å². The number of aromatic nitrogens is 2. The monoisotopic (exact) mass is 481 g/mol. The van der Waals surface area contributed by atoms with Crippen molar-refractivity contribution in [1.29, 1.82) is 0 Å². The minimum atomic E-state index is -0.779. The average Bonchev–Trinajstić information content (AvgIpc) is 3.25. The predicted molar refractivity (Wildman–Crippen MR) is 123 cm³/mol. The molecule has 7 nitrogen and oxygen atoms in total. The Hall–Kier alpha value is -2.46. The van der Waals surface area contributed by atoms with Crippen molar-refractivity contribution in [3.8, 4) is 38.4 Å². The number of aliphatic hydroxyl groups excluding tert-OH is 1. The molecule has 0 unspecified atom stereocenters. The zero-order valence-electron chi connectivity index (χ0n) is 18.0. The van der Waals surface area contributed by atoms with Gasteiger partial charge in [-0.15, -0.1) is 10.2 Å². The van der Waals surface area contributed by atoms with Crippen molar-refractivity contribution in [2.75, 3.05) is 19.8 Å². The van der Waals surface area contributed by atoms with Crippen molar-refractivity contribution in [2.45, 2.75) is 32.9 Å². The molecule has 0 bridgehead atoms. The maximum atomic E-state index is 14.6. The fraction of sp³-hybridized carbons (Fsp3) is 0.364. The van der Waals surface area contributed by atoms with Crippen LogP contribution < -0.4 is 19.9 Å². The molecule has 3 aromatic rings. The molecule has 32 heavy (non-hydrogen) atoms. The molecule has 0 spiro atoms. The van der Waals surface area contributed by atoms with Crippen LogP contribution >= 0.6 is 22.9 Å². The molecule has 0 amide bonds. The van der Waals surface area contributed by atoms with Gasteiger partial charge in [0.05, 0.1) is 30.4 Å². The van der Waals surface area contributed by atoms with Crippen molar-refractivity contribution >= 4 is 22.9 Å². The zero-order chi connectivity index (χ0) is 23.3. The molecule has 1 heterocycles. The lowest BCUT2D eigenvalue weighted by molar-refractivity contribution is 0.129. The highest BCUT2D eigenvalue weighted by atomic mass is 35.5. The van der Waals surface area contributed by atoms with Crippen LogP contribution in [0.2, 0.25) is 5.02 Å². The molecular weight excluding hydrogens is 457 g/mol. The van der Waals surface area contributed by atoms with Gasteiger partial charge in [0.25, 0.3) is 0 Å². The molecular formula is C22H25ClFN3O4S. The van der Waals surface area contributed by atoms with Gasteiger partial charge in [-0.3, -0.25) is 0 Å². The highest BCUT2D eigenvalue weighted by Crippen LogP contribution is 2.39. The fourth-order valence-electron chi connectivity index (χ4n) is 2.76. The molecule has 0 radical (unpaired) electrons. The van der Waals surface area contributed by atoms with Crippen molar-refractivity contribution in [2.24, 2.45) is 5.73 Å². The second-order valence-electron chi connectivity index (χ2n) is 6.92. The standard InChI is InChI=1S/C22H25ClFN3O4S/c1-4-29-18-7-6-13(8-20(18)30-5-2)21-26-27-22(32-21)14-9-16(24)19(10-15(14)23)31-11-17(25)12(3)28/h6-10,12,17,28H,4-5,11,25H2,1-3H3/t12-,17+/m1/s1. The number of nitrogens with zero attached hydrogens (tertiary/aromatic N) is 2. The Morgan fingerprint density at radius 1 is 1.03 bits per heavy atom. The number of rotatable bonds is 10. The normalized spacial score (nSPS) is 13.0. The van der Waals surface area contributed by atoms with E-state index < -0.39 is 18.0 Å². The first-order valence-corrected chi connectivity index (χ1v) is 11.3. The summed E-state index contributed by atoms with van der Waals surface area (Å²) < 4.78 is 31.2. The van der Waals surface area contributed by atoms with Crippen molar-refractivity contribution < 1.29 is 23.7 Å². The van der Waals surface area contributed by atoms with Crippen LogP contribution in [0, 0.1) is 5.82 Å². The van der Waals surface area contributed by atoms with E-state index in [9.17, 15) is 9.50 Å². The summed E-state index contributed by atoms with van der Waals surface area (Å²) in [5.41, 5.74) is 6.92. The number of halogens is 2. The summed E-state index contributed by atoms with van der Waals surface area (Å²) >= 11 is 7.64. The second-order valence-corrected chi connectivity index (χ2v) is 8.30. The van der Waals surface area contributed by atoms with Gasteiger partial charge >= 0.3 is 0 Å². The second kappa shape index (κ2) is 10.9. The van der Waals surface area contributed by atoms with Crippen LogP contribution in [-0.4, -0.2) is 47.3 Å². The van der Waals surface area contributed by atoms with Gasteiger partial charge in [-0.2, -0.15) is 0 Å². The maximum absolute atomic E-state index is 14.6. The van der Waals surface area contributed by atoms with Crippen LogP contribution in [-0.2, 0) is 0 Å². The molecule has 0 saturated heterocycles. The summed E-state index contributed by atoms with van der Waals surface area (Å²) in [6.07, 6.45) is -0.779. The Kier molecular flexibility index (Phi) is 8.25. The third kappa shape index (κ3) is 5.66. The molecule has 0 saturated carbocycles. The van der Waals surface area contributed by atoms with Crippen molar-refractivity contribution in [3.05, 3.63) is 41.2 Å². The topological polar surface area (TPSA) is 99.7 Å². The fourth-order valence-corrected chi connectivity index (χ4v) is 3.93. The molecule has 2 atom stereocenters. The van der Waals surface area contributed by atoms with Gasteiger partial charge < -0.3 is 25.1 Å². The van der Waals surface area contributed by atoms with Gasteiger partial charge in [-0.05, 0) is 45.0 Å². The molecule has 0 fully saturated rings. The van der Waals surface area contributed by atoms with Gasteiger partial charge in [0.1, 0.15) is 16.6 Å². The molecule has 1 aromatic heterocycles. The van der Waals surface area contributed by atoms with E-state index in [0.717, 1.165) is 5.56 Å². The third-order valence-corrected chi connectivity index (χ3v) is 5.84. The van der Waals surface area contributed by atoms with E-state index in [4.69, 9.17) is 31.5 Å². The van der Waals surface area contributed by atoms with Crippen LogP contribution in [0.1, 0.15) is 20.8 Å².